The van der Waals surface area contributed by atoms with Crippen LogP contribution in [-0.4, -0.2) is 24.1 Å². The monoisotopic (exact) mass is 605 g/mol. The average molecular weight is 607 g/mol. The van der Waals surface area contributed by atoms with Crippen molar-refractivity contribution in [1.82, 2.24) is 4.57 Å². The summed E-state index contributed by atoms with van der Waals surface area (Å²) in [7, 11) is -3.81. The second-order valence-corrected chi connectivity index (χ2v) is 14.4. The number of nitrogens with zero attached hydrogens (tertiary/aromatic N) is 1. The van der Waals surface area contributed by atoms with Crippen LogP contribution >= 0.6 is 39.0 Å². The molecule has 2 heterocycles. The molecular weight excluding hydrogens is 582 g/mol. The van der Waals surface area contributed by atoms with Gasteiger partial charge in [0.25, 0.3) is 0 Å². The van der Waals surface area contributed by atoms with Gasteiger partial charge in [-0.05, 0) is 79.0 Å². The molecule has 2 bridgehead atoms. The van der Waals surface area contributed by atoms with Crippen molar-refractivity contribution >= 4 is 60.6 Å². The highest BCUT2D eigenvalue weighted by atomic mass is 79.9. The van der Waals surface area contributed by atoms with E-state index < -0.39 is 10.0 Å². The van der Waals surface area contributed by atoms with Crippen molar-refractivity contribution in [2.24, 2.45) is 22.9 Å². The van der Waals surface area contributed by atoms with Crippen LogP contribution in [0, 0.1) is 17.8 Å². The molecule has 5 atom stereocenters. The highest BCUT2D eigenvalue weighted by Gasteiger charge is 2.55. The smallest absolute Gasteiger partial charge is 0.308 e. The van der Waals surface area contributed by atoms with Crippen LogP contribution in [0.3, 0.4) is 0 Å². The van der Waals surface area contributed by atoms with Gasteiger partial charge in [0, 0.05) is 26.2 Å². The first-order valence-electron chi connectivity index (χ1n) is 11.8. The van der Waals surface area contributed by atoms with E-state index in [0.29, 0.717) is 28.7 Å². The predicted octanol–water partition coefficient (Wildman–Crippen LogP) is 4.61. The third-order valence-electron chi connectivity index (χ3n) is 7.69. The average Bonchev–Trinajstić information content (AvgIpc) is 3.53. The Labute approximate surface area is 225 Å². The van der Waals surface area contributed by atoms with E-state index in [1.165, 1.54) is 60.4 Å². The summed E-state index contributed by atoms with van der Waals surface area (Å²) in [5.74, 6) is 1.69. The number of hydrogen-bond acceptors (Lipinski definition) is 6. The van der Waals surface area contributed by atoms with Crippen LogP contribution in [0.4, 0.5) is 5.69 Å². The van der Waals surface area contributed by atoms with Crippen molar-refractivity contribution in [1.29, 1.82) is 0 Å². The summed E-state index contributed by atoms with van der Waals surface area (Å²) in [6.45, 7) is -0.0901. The number of carbonyl (C=O) groups excluding carboxylic acids is 1. The number of thioether (sulfide) groups is 1. The van der Waals surface area contributed by atoms with Gasteiger partial charge in [-0.3, -0.25) is 14.2 Å². The molecule has 36 heavy (non-hydrogen) atoms. The second-order valence-electron chi connectivity index (χ2n) is 9.76. The number of benzene rings is 2. The van der Waals surface area contributed by atoms with E-state index in [1.54, 1.807) is 16.3 Å². The van der Waals surface area contributed by atoms with E-state index in [-0.39, 0.29) is 28.1 Å². The number of anilines is 1. The zero-order chi connectivity index (χ0) is 25.2. The zero-order valence-corrected chi connectivity index (χ0v) is 23.1. The van der Waals surface area contributed by atoms with Gasteiger partial charge in [0.05, 0.1) is 9.92 Å². The number of nitrogens with one attached hydrogen (secondary N) is 1. The molecule has 1 aromatic heterocycles. The Hall–Kier alpha value is -1.92. The maximum Gasteiger partial charge on any atom is 0.308 e. The second kappa shape index (κ2) is 9.13. The van der Waals surface area contributed by atoms with Crippen molar-refractivity contribution in [2.75, 3.05) is 5.32 Å². The molecular formula is C25H24BrN3O4S3. The number of carbonyl (C=O) groups is 1. The number of fused-ring (bicyclic) bond motifs is 6. The summed E-state index contributed by atoms with van der Waals surface area (Å²) in [5.41, 5.74) is 1.67. The first-order valence-corrected chi connectivity index (χ1v) is 15.8. The van der Waals surface area contributed by atoms with Gasteiger partial charge in [-0.15, -0.1) is 11.8 Å². The topological polar surface area (TPSA) is 111 Å². The molecule has 6 rings (SSSR count). The number of nitrogens with two attached hydrogens (primary N) is 1. The molecule has 4 unspecified atom stereocenters. The number of hydrogen-bond donors (Lipinski definition) is 2. The summed E-state index contributed by atoms with van der Waals surface area (Å²) in [6.07, 6.45) is 3.76. The van der Waals surface area contributed by atoms with Gasteiger partial charge in [0.15, 0.2) is 0 Å². The number of halogens is 1. The Balaban J connectivity index is 1.31. The molecule has 7 nitrogen and oxygen atoms in total. The highest BCUT2D eigenvalue weighted by molar-refractivity contribution is 9.10. The number of rotatable bonds is 5. The molecule has 2 aliphatic carbocycles. The van der Waals surface area contributed by atoms with Crippen LogP contribution in [0.1, 0.15) is 35.6 Å². The molecule has 3 N–H and O–H groups in total. The number of thiazole rings is 1. The van der Waals surface area contributed by atoms with Gasteiger partial charge in [0.2, 0.25) is 15.9 Å². The first kappa shape index (κ1) is 24.4. The fourth-order valence-corrected chi connectivity index (χ4v) is 10.1. The number of amides is 1. The minimum absolute atomic E-state index is 0.0283. The van der Waals surface area contributed by atoms with Crippen LogP contribution < -0.4 is 15.3 Å². The number of aromatic nitrogens is 1. The van der Waals surface area contributed by atoms with Crippen molar-refractivity contribution in [2.45, 2.75) is 46.9 Å². The molecule has 1 aliphatic heterocycles. The van der Waals surface area contributed by atoms with E-state index in [0.717, 1.165) is 14.4 Å². The van der Waals surface area contributed by atoms with Gasteiger partial charge >= 0.3 is 4.87 Å². The molecule has 2 fully saturated rings. The summed E-state index contributed by atoms with van der Waals surface area (Å²) >= 11 is 6.60. The van der Waals surface area contributed by atoms with E-state index in [4.69, 9.17) is 5.14 Å². The van der Waals surface area contributed by atoms with Crippen LogP contribution in [0.15, 0.2) is 67.7 Å². The molecule has 11 heteroatoms. The maximum absolute atomic E-state index is 13.2. The Morgan fingerprint density at radius 1 is 1.08 bits per heavy atom. The molecule has 3 aliphatic rings. The summed E-state index contributed by atoms with van der Waals surface area (Å²) in [5, 5.41) is 9.29. The summed E-state index contributed by atoms with van der Waals surface area (Å²) < 4.78 is 25.6. The van der Waals surface area contributed by atoms with Crippen LogP contribution in [0.2, 0.25) is 0 Å². The van der Waals surface area contributed by atoms with E-state index in [9.17, 15) is 18.0 Å². The van der Waals surface area contributed by atoms with Crippen molar-refractivity contribution in [3.05, 3.63) is 73.1 Å². The minimum Gasteiger partial charge on any atom is -0.325 e. The van der Waals surface area contributed by atoms with E-state index in [2.05, 4.69) is 45.5 Å². The van der Waals surface area contributed by atoms with Gasteiger partial charge in [-0.25, -0.2) is 13.6 Å². The normalized spacial score (nSPS) is 26.4. The summed E-state index contributed by atoms with van der Waals surface area (Å²) in [6, 6.07) is 14.1. The highest BCUT2D eigenvalue weighted by Crippen LogP contribution is 2.64. The quantitative estimate of drug-likeness (QED) is 0.441. The first-order chi connectivity index (χ1) is 17.2. The van der Waals surface area contributed by atoms with Gasteiger partial charge in [0.1, 0.15) is 6.54 Å². The fraction of sp³-hybridized carbons (Fsp3) is 0.360. The Morgan fingerprint density at radius 2 is 1.78 bits per heavy atom. The Morgan fingerprint density at radius 3 is 2.47 bits per heavy atom. The number of primary sulfonamides is 1. The SMILES string of the molecule is NS(=O)(=O)c1ccc(NC(=O)Cn2c3c(sc2=O)[C@@H](c2ccc(Br)cc2)C2C4CCC(C4)C2S3)cc1. The largest absolute Gasteiger partial charge is 0.325 e. The lowest BCUT2D eigenvalue weighted by Crippen LogP contribution is -2.34. The van der Waals surface area contributed by atoms with Crippen LogP contribution in [0.25, 0.3) is 0 Å². The summed E-state index contributed by atoms with van der Waals surface area (Å²) in [4.78, 5) is 27.0. The van der Waals surface area contributed by atoms with Gasteiger partial charge < -0.3 is 5.32 Å². The zero-order valence-electron chi connectivity index (χ0n) is 19.1. The standard InChI is InChI=1S/C25H24BrN3O4S3/c26-16-5-3-13(4-6-16)20-21-14-1-2-15(11-14)22(21)34-24-23(20)35-25(31)29(24)12-19(30)28-17-7-9-18(10-8-17)36(27,32)33/h3-10,14-15,20-22H,1-2,11-12H2,(H,28,30)(H2,27,32,33)/t14?,15?,20-,21?,22?/m0/s1. The van der Waals surface area contributed by atoms with E-state index >= 15 is 0 Å². The lowest BCUT2D eigenvalue weighted by Gasteiger charge is -2.40. The third-order valence-corrected chi connectivity index (χ3v) is 12.0. The Bertz CT molecular complexity index is 1500. The number of sulfonamides is 1. The Kier molecular flexibility index (Phi) is 6.19. The van der Waals surface area contributed by atoms with Crippen molar-refractivity contribution < 1.29 is 13.2 Å². The van der Waals surface area contributed by atoms with Crippen LogP contribution in [-0.2, 0) is 21.4 Å². The fourth-order valence-electron chi connectivity index (χ4n) is 6.20. The molecule has 2 saturated carbocycles. The molecule has 188 valence electrons. The molecule has 0 radical (unpaired) electrons. The lowest BCUT2D eigenvalue weighted by atomic mass is 9.75. The minimum atomic E-state index is -3.81. The molecule has 2 aromatic carbocycles. The molecule has 0 spiro atoms. The van der Waals surface area contributed by atoms with Gasteiger partial charge in [-0.1, -0.05) is 39.4 Å². The lowest BCUT2D eigenvalue weighted by molar-refractivity contribution is -0.116. The predicted molar refractivity (Wildman–Crippen MR) is 145 cm³/mol. The molecule has 1 amide bonds. The van der Waals surface area contributed by atoms with E-state index in [1.807, 2.05) is 0 Å². The van der Waals surface area contributed by atoms with Gasteiger partial charge in [-0.2, -0.15) is 0 Å². The van der Waals surface area contributed by atoms with Crippen LogP contribution in [0.5, 0.6) is 0 Å². The van der Waals surface area contributed by atoms with Crippen molar-refractivity contribution in [3.8, 4) is 0 Å². The van der Waals surface area contributed by atoms with Crippen molar-refractivity contribution in [3.63, 3.8) is 0 Å². The molecule has 3 aromatic rings. The maximum atomic E-state index is 13.2. The molecule has 0 saturated heterocycles. The third kappa shape index (κ3) is 4.28.